The van der Waals surface area contributed by atoms with Gasteiger partial charge in [0.15, 0.2) is 11.3 Å². The van der Waals surface area contributed by atoms with Crippen molar-refractivity contribution >= 4 is 22.5 Å². The van der Waals surface area contributed by atoms with Gasteiger partial charge in [0.1, 0.15) is 10.9 Å². The Labute approximate surface area is 169 Å². The number of ether oxygens (including phenoxy) is 2. The lowest BCUT2D eigenvalue weighted by Gasteiger charge is -2.14. The van der Waals surface area contributed by atoms with Crippen molar-refractivity contribution in [2.45, 2.75) is 19.1 Å². The standard InChI is InChI=1S/C20H18F2N4O4/c21-20(22)29-14-6-5-12-15(16(14)30-20)24-17-13(4-3-10-26(17)19(12)28)18(27)23-7-11-25-8-1-2-9-25/h3-6,10H,1-2,7-9,11H2,(H,23,27)/p+1. The third kappa shape index (κ3) is 3.13. The van der Waals surface area contributed by atoms with E-state index in [1.807, 2.05) is 0 Å². The number of benzene rings is 1. The molecule has 3 aromatic rings. The number of nitrogens with one attached hydrogen (secondary N) is 2. The van der Waals surface area contributed by atoms with Crippen LogP contribution in [0.3, 0.4) is 0 Å². The number of alkyl halides is 2. The first kappa shape index (κ1) is 18.7. The summed E-state index contributed by atoms with van der Waals surface area (Å²) in [6, 6.07) is 5.80. The molecule has 2 aromatic heterocycles. The van der Waals surface area contributed by atoms with Crippen LogP contribution in [0.4, 0.5) is 8.78 Å². The Morgan fingerprint density at radius 2 is 2.03 bits per heavy atom. The average molecular weight is 417 g/mol. The molecule has 0 aliphatic carbocycles. The maximum absolute atomic E-state index is 13.5. The summed E-state index contributed by atoms with van der Waals surface area (Å²) in [5.41, 5.74) is -0.0128. The Balaban J connectivity index is 1.54. The molecule has 30 heavy (non-hydrogen) atoms. The maximum Gasteiger partial charge on any atom is 0.586 e. The summed E-state index contributed by atoms with van der Waals surface area (Å²) in [5, 5.41) is 3.00. The van der Waals surface area contributed by atoms with Gasteiger partial charge in [-0.1, -0.05) is 0 Å². The van der Waals surface area contributed by atoms with Crippen LogP contribution in [0.5, 0.6) is 11.5 Å². The van der Waals surface area contributed by atoms with E-state index >= 15 is 0 Å². The van der Waals surface area contributed by atoms with E-state index in [4.69, 9.17) is 0 Å². The van der Waals surface area contributed by atoms with E-state index in [0.29, 0.717) is 6.54 Å². The number of halogens is 2. The fraction of sp³-hybridized carbons (Fsp3) is 0.350. The zero-order valence-corrected chi connectivity index (χ0v) is 15.9. The second-order valence-corrected chi connectivity index (χ2v) is 7.36. The molecule has 2 N–H and O–H groups in total. The van der Waals surface area contributed by atoms with Crippen molar-refractivity contribution < 1.29 is 27.4 Å². The molecular weight excluding hydrogens is 398 g/mol. The van der Waals surface area contributed by atoms with E-state index in [9.17, 15) is 18.4 Å². The van der Waals surface area contributed by atoms with Gasteiger partial charge in [0.05, 0.1) is 6.20 Å². The molecule has 5 rings (SSSR count). The lowest BCUT2D eigenvalue weighted by molar-refractivity contribution is -0.529. The average Bonchev–Trinajstić information content (AvgIpc) is 3.34. The Morgan fingerprint density at radius 1 is 1.23 bits per heavy atom. The predicted octanol–water partition coefficient (Wildman–Crippen LogP) is 1.41. The van der Waals surface area contributed by atoms with Gasteiger partial charge < -0.3 is 19.7 Å². The molecule has 0 bridgehead atoms. The SMILES string of the molecule is O=C(NCCN1CCCC1)c1ccc[n+]2c(=O)c3ccc4c(c3[nH]c12)OC(F)(F)O4. The number of hydrogen-bond donors (Lipinski definition) is 2. The highest BCUT2D eigenvalue weighted by Crippen LogP contribution is 2.44. The number of carbonyl (C=O) groups excluding carboxylic acids is 1. The molecule has 0 spiro atoms. The minimum Gasteiger partial charge on any atom is -0.395 e. The van der Waals surface area contributed by atoms with E-state index in [-0.39, 0.29) is 39.5 Å². The molecule has 156 valence electrons. The van der Waals surface area contributed by atoms with E-state index in [1.54, 1.807) is 12.1 Å². The molecule has 0 atom stereocenters. The number of aromatic nitrogens is 2. The molecule has 0 saturated carbocycles. The Kier molecular flexibility index (Phi) is 4.31. The van der Waals surface area contributed by atoms with E-state index in [0.717, 1.165) is 32.5 Å². The number of aromatic amines is 1. The van der Waals surface area contributed by atoms with E-state index in [2.05, 4.69) is 24.7 Å². The summed E-state index contributed by atoms with van der Waals surface area (Å²) >= 11 is 0. The van der Waals surface area contributed by atoms with E-state index in [1.165, 1.54) is 22.7 Å². The predicted molar refractivity (Wildman–Crippen MR) is 102 cm³/mol. The molecule has 4 heterocycles. The number of carbonyl (C=O) groups is 1. The second-order valence-electron chi connectivity index (χ2n) is 7.36. The zero-order valence-electron chi connectivity index (χ0n) is 15.9. The van der Waals surface area contributed by atoms with Gasteiger partial charge in [-0.2, -0.15) is 4.40 Å². The summed E-state index contributed by atoms with van der Waals surface area (Å²) in [4.78, 5) is 30.9. The largest absolute Gasteiger partial charge is 0.586 e. The molecule has 1 saturated heterocycles. The van der Waals surface area contributed by atoms with Crippen LogP contribution in [0, 0.1) is 0 Å². The maximum atomic E-state index is 13.5. The van der Waals surface area contributed by atoms with Crippen LogP contribution < -0.4 is 24.8 Å². The van der Waals surface area contributed by atoms with Gasteiger partial charge >= 0.3 is 11.9 Å². The van der Waals surface area contributed by atoms with Crippen molar-refractivity contribution in [3.8, 4) is 11.5 Å². The Morgan fingerprint density at radius 3 is 2.83 bits per heavy atom. The summed E-state index contributed by atoms with van der Waals surface area (Å²) in [6.07, 6.45) is 0.0185. The van der Waals surface area contributed by atoms with Gasteiger partial charge in [-0.05, 0) is 50.2 Å². The molecule has 0 radical (unpaired) electrons. The third-order valence-electron chi connectivity index (χ3n) is 5.41. The van der Waals surface area contributed by atoms with Crippen LogP contribution in [0.2, 0.25) is 0 Å². The number of hydrogen-bond acceptors (Lipinski definition) is 5. The number of fused-ring (bicyclic) bond motifs is 4. The summed E-state index contributed by atoms with van der Waals surface area (Å²) in [7, 11) is 0. The van der Waals surface area contributed by atoms with Gasteiger partial charge in [-0.25, -0.2) is 9.78 Å². The van der Waals surface area contributed by atoms with Gasteiger partial charge in [-0.15, -0.1) is 8.78 Å². The van der Waals surface area contributed by atoms with Gasteiger partial charge in [0.25, 0.3) is 11.6 Å². The number of nitrogens with zero attached hydrogens (tertiary/aromatic N) is 2. The lowest BCUT2D eigenvalue weighted by atomic mass is 10.2. The van der Waals surface area contributed by atoms with E-state index < -0.39 is 11.9 Å². The highest BCUT2D eigenvalue weighted by molar-refractivity contribution is 5.99. The highest BCUT2D eigenvalue weighted by atomic mass is 19.3. The van der Waals surface area contributed by atoms with Crippen molar-refractivity contribution in [2.24, 2.45) is 0 Å². The molecule has 1 aromatic carbocycles. The van der Waals surface area contributed by atoms with Crippen molar-refractivity contribution in [3.05, 3.63) is 46.4 Å². The van der Waals surface area contributed by atoms with Crippen LogP contribution >= 0.6 is 0 Å². The number of likely N-dealkylation sites (tertiary alicyclic amines) is 1. The summed E-state index contributed by atoms with van der Waals surface area (Å²) in [6.45, 7) is 3.27. The fourth-order valence-corrected chi connectivity index (χ4v) is 3.98. The van der Waals surface area contributed by atoms with Crippen LogP contribution in [-0.2, 0) is 0 Å². The monoisotopic (exact) mass is 417 g/mol. The molecular formula is C20H19F2N4O4+. The molecule has 2 aliphatic heterocycles. The Hall–Kier alpha value is -3.27. The molecule has 2 aliphatic rings. The molecule has 8 nitrogen and oxygen atoms in total. The van der Waals surface area contributed by atoms with Crippen LogP contribution in [0.15, 0.2) is 35.3 Å². The first-order chi connectivity index (χ1) is 14.4. The smallest absolute Gasteiger partial charge is 0.395 e. The van der Waals surface area contributed by atoms with Gasteiger partial charge in [-0.3, -0.25) is 4.79 Å². The number of amides is 1. The Bertz CT molecular complexity index is 1220. The summed E-state index contributed by atoms with van der Waals surface area (Å²) in [5.74, 6) is -0.807. The fourth-order valence-electron chi connectivity index (χ4n) is 3.98. The number of pyridine rings is 1. The molecule has 1 fully saturated rings. The summed E-state index contributed by atoms with van der Waals surface area (Å²) < 4.78 is 37.4. The molecule has 0 unspecified atom stereocenters. The quantitative estimate of drug-likeness (QED) is 0.495. The van der Waals surface area contributed by atoms with Crippen molar-refractivity contribution in [1.82, 2.24) is 15.2 Å². The van der Waals surface area contributed by atoms with Gasteiger partial charge in [0, 0.05) is 13.1 Å². The first-order valence-corrected chi connectivity index (χ1v) is 9.73. The van der Waals surface area contributed by atoms with Crippen LogP contribution in [-0.4, -0.2) is 48.3 Å². The number of H-pyrrole nitrogens is 1. The normalized spacial score (nSPS) is 17.7. The molecule has 10 heteroatoms. The minimum absolute atomic E-state index is 0.0481. The molecule has 1 amide bonds. The topological polar surface area (TPSA) is 87.8 Å². The van der Waals surface area contributed by atoms with Crippen LogP contribution in [0.1, 0.15) is 23.2 Å². The minimum atomic E-state index is -3.82. The van der Waals surface area contributed by atoms with Crippen LogP contribution in [0.25, 0.3) is 16.6 Å². The number of rotatable bonds is 4. The third-order valence-corrected chi connectivity index (χ3v) is 5.41. The zero-order chi connectivity index (χ0) is 20.9. The highest BCUT2D eigenvalue weighted by Gasteiger charge is 2.45. The van der Waals surface area contributed by atoms with Crippen molar-refractivity contribution in [1.29, 1.82) is 0 Å². The van der Waals surface area contributed by atoms with Crippen molar-refractivity contribution in [3.63, 3.8) is 0 Å². The van der Waals surface area contributed by atoms with Gasteiger partial charge in [0.2, 0.25) is 5.75 Å². The lowest BCUT2D eigenvalue weighted by Crippen LogP contribution is -2.43. The second kappa shape index (κ2) is 6.91. The first-order valence-electron chi connectivity index (χ1n) is 9.73. The van der Waals surface area contributed by atoms with Crippen molar-refractivity contribution in [2.75, 3.05) is 26.2 Å².